The van der Waals surface area contributed by atoms with Crippen LogP contribution in [-0.2, 0) is 11.3 Å². The summed E-state index contributed by atoms with van der Waals surface area (Å²) in [4.78, 5) is 11.0. The second kappa shape index (κ2) is 6.52. The van der Waals surface area contributed by atoms with Crippen molar-refractivity contribution in [2.75, 3.05) is 13.2 Å². The monoisotopic (exact) mass is 248 g/mol. The second-order valence-corrected chi connectivity index (χ2v) is 4.73. The molecule has 1 aromatic carbocycles. The third-order valence-corrected chi connectivity index (χ3v) is 3.21. The lowest BCUT2D eigenvalue weighted by Gasteiger charge is -2.23. The number of carbonyl (C=O) groups is 1. The molecule has 1 heterocycles. The first-order valence-electron chi connectivity index (χ1n) is 6.45. The lowest BCUT2D eigenvalue weighted by molar-refractivity contribution is 0.0909. The zero-order valence-electron chi connectivity index (χ0n) is 10.5. The van der Waals surface area contributed by atoms with E-state index in [-0.39, 0.29) is 0 Å². The third kappa shape index (κ3) is 3.82. The topological polar surface area (TPSA) is 64.4 Å². The predicted molar refractivity (Wildman–Crippen MR) is 70.3 cm³/mol. The van der Waals surface area contributed by atoms with Crippen LogP contribution in [0.2, 0.25) is 0 Å². The van der Waals surface area contributed by atoms with Gasteiger partial charge in [-0.25, -0.2) is 0 Å². The molecule has 98 valence electrons. The maximum atomic E-state index is 11.0. The van der Waals surface area contributed by atoms with Crippen LogP contribution in [-0.4, -0.2) is 25.1 Å². The number of nitrogens with two attached hydrogens (primary N) is 1. The Hall–Kier alpha value is -1.39. The molecule has 4 nitrogen and oxygen atoms in total. The molecule has 0 radical (unpaired) electrons. The minimum atomic E-state index is -0.397. The first kappa shape index (κ1) is 13.1. The van der Waals surface area contributed by atoms with Gasteiger partial charge in [0.1, 0.15) is 0 Å². The number of benzene rings is 1. The van der Waals surface area contributed by atoms with Crippen LogP contribution in [0.25, 0.3) is 0 Å². The van der Waals surface area contributed by atoms with Gasteiger partial charge in [0, 0.05) is 11.6 Å². The molecule has 0 bridgehead atoms. The van der Waals surface area contributed by atoms with E-state index in [2.05, 4.69) is 5.32 Å². The maximum absolute atomic E-state index is 11.0. The normalized spacial score (nSPS) is 19.7. The van der Waals surface area contributed by atoms with Crippen molar-refractivity contribution >= 4 is 5.91 Å². The SMILES string of the molecule is NC(=O)c1cccc(COCC2CCCCN2)c1. The van der Waals surface area contributed by atoms with E-state index in [9.17, 15) is 4.79 Å². The van der Waals surface area contributed by atoms with Crippen LogP contribution in [0, 0.1) is 0 Å². The maximum Gasteiger partial charge on any atom is 0.248 e. The molecule has 1 aliphatic heterocycles. The van der Waals surface area contributed by atoms with Crippen molar-refractivity contribution in [1.82, 2.24) is 5.32 Å². The molecule has 0 aromatic heterocycles. The molecule has 1 aliphatic rings. The van der Waals surface area contributed by atoms with Crippen LogP contribution < -0.4 is 11.1 Å². The Morgan fingerprint density at radius 1 is 1.44 bits per heavy atom. The van der Waals surface area contributed by atoms with Crippen LogP contribution in [0.5, 0.6) is 0 Å². The van der Waals surface area contributed by atoms with Crippen molar-refractivity contribution in [1.29, 1.82) is 0 Å². The molecule has 1 unspecified atom stereocenters. The van der Waals surface area contributed by atoms with Gasteiger partial charge in [-0.05, 0) is 37.1 Å². The van der Waals surface area contributed by atoms with Crippen molar-refractivity contribution in [2.24, 2.45) is 5.73 Å². The molecule has 3 N–H and O–H groups in total. The summed E-state index contributed by atoms with van der Waals surface area (Å²) in [5.41, 5.74) is 6.76. The highest BCUT2D eigenvalue weighted by molar-refractivity contribution is 5.92. The van der Waals surface area contributed by atoms with Crippen LogP contribution in [0.4, 0.5) is 0 Å². The summed E-state index contributed by atoms with van der Waals surface area (Å²) < 4.78 is 5.68. The molecule has 1 saturated heterocycles. The molecule has 1 amide bonds. The molecular weight excluding hydrogens is 228 g/mol. The zero-order chi connectivity index (χ0) is 12.8. The first-order valence-corrected chi connectivity index (χ1v) is 6.45. The van der Waals surface area contributed by atoms with Crippen LogP contribution in [0.3, 0.4) is 0 Å². The summed E-state index contributed by atoms with van der Waals surface area (Å²) in [5, 5.41) is 3.44. The predicted octanol–water partition coefficient (Wildman–Crippen LogP) is 1.44. The largest absolute Gasteiger partial charge is 0.375 e. The smallest absolute Gasteiger partial charge is 0.248 e. The van der Waals surface area contributed by atoms with Crippen molar-refractivity contribution in [3.63, 3.8) is 0 Å². The number of primary amides is 1. The van der Waals surface area contributed by atoms with Crippen LogP contribution >= 0.6 is 0 Å². The molecule has 18 heavy (non-hydrogen) atoms. The highest BCUT2D eigenvalue weighted by Crippen LogP contribution is 2.10. The Kier molecular flexibility index (Phi) is 4.73. The number of amides is 1. The molecule has 1 aromatic rings. The molecule has 4 heteroatoms. The fourth-order valence-corrected chi connectivity index (χ4v) is 2.20. The van der Waals surface area contributed by atoms with E-state index in [0.29, 0.717) is 18.2 Å². The van der Waals surface area contributed by atoms with Gasteiger partial charge >= 0.3 is 0 Å². The Morgan fingerprint density at radius 2 is 2.33 bits per heavy atom. The zero-order valence-corrected chi connectivity index (χ0v) is 10.5. The van der Waals surface area contributed by atoms with Gasteiger partial charge in [0.05, 0.1) is 13.2 Å². The molecular formula is C14H20N2O2. The van der Waals surface area contributed by atoms with Crippen molar-refractivity contribution in [3.8, 4) is 0 Å². The number of hydrogen-bond acceptors (Lipinski definition) is 3. The van der Waals surface area contributed by atoms with Crippen LogP contribution in [0.15, 0.2) is 24.3 Å². The van der Waals surface area contributed by atoms with E-state index in [1.165, 1.54) is 19.3 Å². The van der Waals surface area contributed by atoms with Gasteiger partial charge < -0.3 is 15.8 Å². The molecule has 0 aliphatic carbocycles. The molecule has 0 saturated carbocycles. The minimum absolute atomic E-state index is 0.397. The van der Waals surface area contributed by atoms with Gasteiger partial charge in [0.15, 0.2) is 0 Å². The fourth-order valence-electron chi connectivity index (χ4n) is 2.20. The van der Waals surface area contributed by atoms with Crippen molar-refractivity contribution in [3.05, 3.63) is 35.4 Å². The minimum Gasteiger partial charge on any atom is -0.375 e. The summed E-state index contributed by atoms with van der Waals surface area (Å²) in [6, 6.07) is 7.75. The van der Waals surface area contributed by atoms with Crippen molar-refractivity contribution < 1.29 is 9.53 Å². The highest BCUT2D eigenvalue weighted by atomic mass is 16.5. The van der Waals surface area contributed by atoms with E-state index in [1.807, 2.05) is 12.1 Å². The summed E-state index contributed by atoms with van der Waals surface area (Å²) in [7, 11) is 0. The number of hydrogen-bond donors (Lipinski definition) is 2. The Labute approximate surface area is 108 Å². The molecule has 2 rings (SSSR count). The number of piperidine rings is 1. The van der Waals surface area contributed by atoms with E-state index < -0.39 is 5.91 Å². The standard InChI is InChI=1S/C14H20N2O2/c15-14(17)12-5-3-4-11(8-12)9-18-10-13-6-1-2-7-16-13/h3-5,8,13,16H,1-2,6-7,9-10H2,(H2,15,17). The molecule has 1 fully saturated rings. The van der Waals surface area contributed by atoms with E-state index in [1.54, 1.807) is 12.1 Å². The summed E-state index contributed by atoms with van der Waals surface area (Å²) in [6.45, 7) is 2.34. The summed E-state index contributed by atoms with van der Waals surface area (Å²) in [6.07, 6.45) is 3.72. The van der Waals surface area contributed by atoms with Crippen molar-refractivity contribution in [2.45, 2.75) is 31.9 Å². The number of ether oxygens (including phenoxy) is 1. The van der Waals surface area contributed by atoms with Gasteiger partial charge in [-0.15, -0.1) is 0 Å². The van der Waals surface area contributed by atoms with Crippen LogP contribution in [0.1, 0.15) is 35.2 Å². The fraction of sp³-hybridized carbons (Fsp3) is 0.500. The number of rotatable bonds is 5. The van der Waals surface area contributed by atoms with E-state index in [4.69, 9.17) is 10.5 Å². The Balaban J connectivity index is 1.78. The lowest BCUT2D eigenvalue weighted by Crippen LogP contribution is -2.37. The van der Waals surface area contributed by atoms with Gasteiger partial charge in [-0.3, -0.25) is 4.79 Å². The number of carbonyl (C=O) groups excluding carboxylic acids is 1. The summed E-state index contributed by atoms with van der Waals surface area (Å²) >= 11 is 0. The van der Waals surface area contributed by atoms with Gasteiger partial charge in [0.25, 0.3) is 0 Å². The lowest BCUT2D eigenvalue weighted by atomic mass is 10.1. The van der Waals surface area contributed by atoms with Gasteiger partial charge in [-0.1, -0.05) is 18.6 Å². The second-order valence-electron chi connectivity index (χ2n) is 4.73. The van der Waals surface area contributed by atoms with Gasteiger partial charge in [0.2, 0.25) is 5.91 Å². The quantitative estimate of drug-likeness (QED) is 0.829. The number of nitrogens with one attached hydrogen (secondary N) is 1. The Bertz CT molecular complexity index is 401. The molecule has 0 spiro atoms. The first-order chi connectivity index (χ1) is 8.75. The van der Waals surface area contributed by atoms with E-state index >= 15 is 0 Å². The van der Waals surface area contributed by atoms with Gasteiger partial charge in [-0.2, -0.15) is 0 Å². The highest BCUT2D eigenvalue weighted by Gasteiger charge is 2.12. The van der Waals surface area contributed by atoms with E-state index in [0.717, 1.165) is 18.7 Å². The average Bonchev–Trinajstić information content (AvgIpc) is 2.40. The molecule has 1 atom stereocenters. The Morgan fingerprint density at radius 3 is 3.06 bits per heavy atom. The third-order valence-electron chi connectivity index (χ3n) is 3.21. The average molecular weight is 248 g/mol. The summed E-state index contributed by atoms with van der Waals surface area (Å²) in [5.74, 6) is -0.397.